The fraction of sp³-hybridized carbons (Fsp3) is 0.889. The van der Waals surface area contributed by atoms with E-state index in [1.54, 1.807) is 6.92 Å². The molecule has 1 saturated carbocycles. The van der Waals surface area contributed by atoms with Crippen LogP contribution in [0.4, 0.5) is 0 Å². The summed E-state index contributed by atoms with van der Waals surface area (Å²) in [6, 6.07) is -0.678. The van der Waals surface area contributed by atoms with Crippen molar-refractivity contribution in [1.82, 2.24) is 0 Å². The molecule has 0 aromatic rings. The Morgan fingerprint density at radius 2 is 2.08 bits per heavy atom. The highest BCUT2D eigenvalue weighted by Gasteiger charge is 2.41. The first-order valence-electron chi connectivity index (χ1n) is 4.50. The second-order valence-corrected chi connectivity index (χ2v) is 3.82. The number of carbonyl (C=O) groups is 1. The molecule has 0 radical (unpaired) electrons. The fourth-order valence-corrected chi connectivity index (χ4v) is 1.14. The highest BCUT2D eigenvalue weighted by molar-refractivity contribution is 5.76. The molecule has 0 spiro atoms. The van der Waals surface area contributed by atoms with Gasteiger partial charge in [0.15, 0.2) is 0 Å². The van der Waals surface area contributed by atoms with Crippen molar-refractivity contribution in [3.63, 3.8) is 0 Å². The van der Waals surface area contributed by atoms with Crippen LogP contribution in [-0.4, -0.2) is 30.8 Å². The van der Waals surface area contributed by atoms with Crippen molar-refractivity contribution < 1.29 is 14.3 Å². The van der Waals surface area contributed by atoms with Crippen molar-refractivity contribution in [1.29, 1.82) is 0 Å². The van der Waals surface area contributed by atoms with E-state index in [1.807, 2.05) is 6.92 Å². The van der Waals surface area contributed by atoms with Crippen molar-refractivity contribution in [3.8, 4) is 0 Å². The fourth-order valence-electron chi connectivity index (χ4n) is 1.14. The summed E-state index contributed by atoms with van der Waals surface area (Å²) in [6.45, 7) is 3.82. The summed E-state index contributed by atoms with van der Waals surface area (Å²) < 4.78 is 10.1. The van der Waals surface area contributed by atoms with E-state index in [4.69, 9.17) is 10.5 Å². The first kappa shape index (κ1) is 10.5. The van der Waals surface area contributed by atoms with Crippen molar-refractivity contribution >= 4 is 5.97 Å². The minimum atomic E-state index is -0.678. The van der Waals surface area contributed by atoms with Crippen LogP contribution in [0.15, 0.2) is 0 Å². The van der Waals surface area contributed by atoms with Crippen LogP contribution in [0.2, 0.25) is 0 Å². The molecule has 0 aromatic carbocycles. The Kier molecular flexibility index (Phi) is 2.93. The van der Waals surface area contributed by atoms with Crippen LogP contribution in [0.25, 0.3) is 0 Å². The molecule has 2 atom stereocenters. The van der Waals surface area contributed by atoms with E-state index in [9.17, 15) is 4.79 Å². The Labute approximate surface area is 78.4 Å². The maximum absolute atomic E-state index is 11.0. The lowest BCUT2D eigenvalue weighted by atomic mass is 10.2. The van der Waals surface area contributed by atoms with Gasteiger partial charge >= 0.3 is 5.97 Å². The van der Waals surface area contributed by atoms with Gasteiger partial charge in [-0.25, -0.2) is 0 Å². The highest BCUT2D eigenvalue weighted by atomic mass is 16.5. The highest BCUT2D eigenvalue weighted by Crippen LogP contribution is 2.39. The molecule has 2 N–H and O–H groups in total. The third kappa shape index (κ3) is 2.67. The molecule has 76 valence electrons. The van der Waals surface area contributed by atoms with Gasteiger partial charge in [-0.2, -0.15) is 0 Å². The zero-order chi connectivity index (χ0) is 10.1. The van der Waals surface area contributed by atoms with Crippen LogP contribution >= 0.6 is 0 Å². The molecular formula is C9H17NO3. The van der Waals surface area contributed by atoms with E-state index in [2.05, 4.69) is 4.74 Å². The molecule has 0 aliphatic heterocycles. The lowest BCUT2D eigenvalue weighted by molar-refractivity contribution is -0.147. The molecule has 0 bridgehead atoms. The smallest absolute Gasteiger partial charge is 0.325 e. The van der Waals surface area contributed by atoms with Gasteiger partial charge in [0.25, 0.3) is 0 Å². The summed E-state index contributed by atoms with van der Waals surface area (Å²) in [7, 11) is 1.33. The second-order valence-electron chi connectivity index (χ2n) is 3.82. The van der Waals surface area contributed by atoms with E-state index in [0.717, 1.165) is 12.8 Å². The van der Waals surface area contributed by atoms with Gasteiger partial charge in [-0.15, -0.1) is 0 Å². The van der Waals surface area contributed by atoms with E-state index >= 15 is 0 Å². The summed E-state index contributed by atoms with van der Waals surface area (Å²) >= 11 is 0. The third-order valence-corrected chi connectivity index (χ3v) is 2.40. The molecule has 0 heterocycles. The summed E-state index contributed by atoms with van der Waals surface area (Å²) in [6.07, 6.45) is 1.82. The minimum absolute atomic E-state index is 0.0505. The molecule has 1 aliphatic rings. The number of methoxy groups -OCH3 is 1. The first-order valence-corrected chi connectivity index (χ1v) is 4.50. The predicted octanol–water partition coefficient (Wildman–Crippen LogP) is 0.444. The van der Waals surface area contributed by atoms with Gasteiger partial charge < -0.3 is 15.2 Å². The molecule has 0 unspecified atom stereocenters. The Morgan fingerprint density at radius 3 is 2.46 bits per heavy atom. The van der Waals surface area contributed by atoms with Crippen molar-refractivity contribution in [3.05, 3.63) is 0 Å². The van der Waals surface area contributed by atoms with Crippen molar-refractivity contribution in [2.75, 3.05) is 7.11 Å². The molecular weight excluding hydrogens is 170 g/mol. The van der Waals surface area contributed by atoms with E-state index < -0.39 is 12.0 Å². The molecule has 1 aliphatic carbocycles. The van der Waals surface area contributed by atoms with Gasteiger partial charge in [0, 0.05) is 0 Å². The van der Waals surface area contributed by atoms with Gasteiger partial charge in [0.2, 0.25) is 0 Å². The number of nitrogens with two attached hydrogens (primary N) is 1. The zero-order valence-corrected chi connectivity index (χ0v) is 8.37. The summed E-state index contributed by atoms with van der Waals surface area (Å²) in [5, 5.41) is 0. The normalized spacial score (nSPS) is 23.4. The van der Waals surface area contributed by atoms with Crippen molar-refractivity contribution in [2.24, 2.45) is 5.73 Å². The molecule has 4 nitrogen and oxygen atoms in total. The molecule has 0 saturated heterocycles. The number of esters is 1. The largest absolute Gasteiger partial charge is 0.468 e. The first-order chi connectivity index (χ1) is 5.98. The molecule has 0 aromatic heterocycles. The Morgan fingerprint density at radius 1 is 1.54 bits per heavy atom. The maximum atomic E-state index is 11.0. The topological polar surface area (TPSA) is 61.5 Å². The number of hydrogen-bond donors (Lipinski definition) is 1. The maximum Gasteiger partial charge on any atom is 0.325 e. The Hall–Kier alpha value is -0.610. The van der Waals surface area contributed by atoms with Gasteiger partial charge in [0.1, 0.15) is 6.04 Å². The lowest BCUT2D eigenvalue weighted by Gasteiger charge is -2.22. The standard InChI is InChI=1S/C9H17NO3/c1-6(7(10)8(11)12-3)13-9(2)4-5-9/h6-7H,4-5,10H2,1-3H3/t6-,7+/m1/s1. The Balaban J connectivity index is 2.37. The van der Waals surface area contributed by atoms with Gasteiger partial charge in [-0.3, -0.25) is 4.79 Å². The SMILES string of the molecule is COC(=O)[C@@H](N)[C@@H](C)OC1(C)CC1. The van der Waals surface area contributed by atoms with Crippen molar-refractivity contribution in [2.45, 2.75) is 44.4 Å². The number of carbonyl (C=O) groups excluding carboxylic acids is 1. The average Bonchev–Trinajstić information content (AvgIpc) is 2.80. The molecule has 4 heteroatoms. The number of hydrogen-bond acceptors (Lipinski definition) is 4. The molecule has 1 rings (SSSR count). The third-order valence-electron chi connectivity index (χ3n) is 2.40. The van der Waals surface area contributed by atoms with Crippen LogP contribution in [-0.2, 0) is 14.3 Å². The molecule has 1 fully saturated rings. The Bertz CT molecular complexity index is 201. The number of rotatable bonds is 4. The summed E-state index contributed by atoms with van der Waals surface area (Å²) in [5.41, 5.74) is 5.56. The van der Waals surface area contributed by atoms with Crippen LogP contribution in [0.5, 0.6) is 0 Å². The molecule has 0 amide bonds. The van der Waals surface area contributed by atoms with Crippen LogP contribution < -0.4 is 5.73 Å². The van der Waals surface area contributed by atoms with E-state index in [0.29, 0.717) is 0 Å². The monoisotopic (exact) mass is 187 g/mol. The lowest BCUT2D eigenvalue weighted by Crippen LogP contribution is -2.44. The summed E-state index contributed by atoms with van der Waals surface area (Å²) in [4.78, 5) is 11.0. The summed E-state index contributed by atoms with van der Waals surface area (Å²) in [5.74, 6) is -0.420. The van der Waals surface area contributed by atoms with E-state index in [-0.39, 0.29) is 11.7 Å². The number of ether oxygens (including phenoxy) is 2. The molecule has 13 heavy (non-hydrogen) atoms. The van der Waals surface area contributed by atoms with Crippen LogP contribution in [0, 0.1) is 0 Å². The van der Waals surface area contributed by atoms with E-state index in [1.165, 1.54) is 7.11 Å². The van der Waals surface area contributed by atoms with Crippen LogP contribution in [0.3, 0.4) is 0 Å². The predicted molar refractivity (Wildman–Crippen MR) is 48.2 cm³/mol. The van der Waals surface area contributed by atoms with Gasteiger partial charge in [-0.1, -0.05) is 0 Å². The van der Waals surface area contributed by atoms with Gasteiger partial charge in [-0.05, 0) is 26.7 Å². The quantitative estimate of drug-likeness (QED) is 0.649. The second kappa shape index (κ2) is 3.64. The zero-order valence-electron chi connectivity index (χ0n) is 8.37. The average molecular weight is 187 g/mol. The van der Waals surface area contributed by atoms with Crippen LogP contribution in [0.1, 0.15) is 26.7 Å². The van der Waals surface area contributed by atoms with Gasteiger partial charge in [0.05, 0.1) is 18.8 Å². The minimum Gasteiger partial charge on any atom is -0.468 e.